The first-order valence-corrected chi connectivity index (χ1v) is 3.76. The van der Waals surface area contributed by atoms with Crippen molar-refractivity contribution in [3.05, 3.63) is 18.0 Å². The van der Waals surface area contributed by atoms with Gasteiger partial charge in [-0.2, -0.15) is 0 Å². The van der Waals surface area contributed by atoms with E-state index in [1.165, 1.54) is 6.21 Å². The summed E-state index contributed by atoms with van der Waals surface area (Å²) in [5.74, 6) is 0.621. The van der Waals surface area contributed by atoms with Gasteiger partial charge >= 0.3 is 0 Å². The molecule has 3 N–H and O–H groups in total. The molecule has 0 unspecified atom stereocenters. The summed E-state index contributed by atoms with van der Waals surface area (Å²) in [6, 6.07) is 0. The van der Waals surface area contributed by atoms with Crippen LogP contribution in [0.3, 0.4) is 0 Å². The van der Waals surface area contributed by atoms with Gasteiger partial charge in [0.15, 0.2) is 5.82 Å². The van der Waals surface area contributed by atoms with Gasteiger partial charge in [-0.25, -0.2) is 4.63 Å². The van der Waals surface area contributed by atoms with Crippen LogP contribution in [0.4, 0.5) is 5.82 Å². The van der Waals surface area contributed by atoms with Crippen LogP contribution in [-0.2, 0) is 0 Å². The van der Waals surface area contributed by atoms with E-state index >= 15 is 0 Å². The molecular formula is C7H11N5O. The van der Waals surface area contributed by atoms with Crippen LogP contribution in [0.2, 0.25) is 0 Å². The number of nitrogens with zero attached hydrogens (tertiary/aromatic N) is 2. The highest BCUT2D eigenvalue weighted by Crippen LogP contribution is 2.04. The first-order valence-electron chi connectivity index (χ1n) is 3.76. The molecule has 0 fully saturated rings. The third kappa shape index (κ3) is 2.94. The molecule has 0 saturated carbocycles. The van der Waals surface area contributed by atoms with Crippen molar-refractivity contribution in [3.8, 4) is 0 Å². The predicted octanol–water partition coefficient (Wildman–Crippen LogP) is 0.500. The molecular weight excluding hydrogens is 170 g/mol. The van der Waals surface area contributed by atoms with Gasteiger partial charge in [0.25, 0.3) is 0 Å². The van der Waals surface area contributed by atoms with Crippen LogP contribution in [0.1, 0.15) is 5.69 Å². The molecule has 1 aromatic rings. The van der Waals surface area contributed by atoms with E-state index in [-0.39, 0.29) is 0 Å². The van der Waals surface area contributed by atoms with Gasteiger partial charge in [-0.05, 0) is 24.4 Å². The van der Waals surface area contributed by atoms with E-state index in [4.69, 9.17) is 5.41 Å². The summed E-state index contributed by atoms with van der Waals surface area (Å²) in [7, 11) is 0. The second-order valence-electron chi connectivity index (χ2n) is 2.28. The molecule has 70 valence electrons. The van der Waals surface area contributed by atoms with E-state index in [0.29, 0.717) is 12.5 Å². The Morgan fingerprint density at radius 1 is 1.54 bits per heavy atom. The molecule has 0 aliphatic heterocycles. The lowest BCUT2D eigenvalue weighted by atomic mass is 10.5. The lowest BCUT2D eigenvalue weighted by Gasteiger charge is -2.00. The highest BCUT2D eigenvalue weighted by atomic mass is 16.6. The molecule has 1 rings (SSSR count). The Morgan fingerprint density at radius 2 is 2.38 bits per heavy atom. The molecule has 0 aliphatic carbocycles. The highest BCUT2D eigenvalue weighted by Gasteiger charge is 2.01. The van der Waals surface area contributed by atoms with Gasteiger partial charge in [0.05, 0.1) is 6.67 Å². The first-order chi connectivity index (χ1) is 6.34. The molecule has 0 saturated heterocycles. The first kappa shape index (κ1) is 9.24. The number of nitrogens with one attached hydrogen (secondary N) is 3. The predicted molar refractivity (Wildman–Crippen MR) is 48.6 cm³/mol. The van der Waals surface area contributed by atoms with Gasteiger partial charge in [-0.1, -0.05) is 5.16 Å². The van der Waals surface area contributed by atoms with Crippen molar-refractivity contribution in [1.82, 2.24) is 15.6 Å². The number of aryl methyl sites for hydroxylation is 1. The summed E-state index contributed by atoms with van der Waals surface area (Å²) in [6.07, 6.45) is 4.42. The number of aromatic nitrogens is 2. The molecule has 1 aromatic heterocycles. The number of anilines is 1. The third-order valence-electron chi connectivity index (χ3n) is 1.32. The second kappa shape index (κ2) is 4.91. The summed E-state index contributed by atoms with van der Waals surface area (Å²) in [6.45, 7) is 2.31. The van der Waals surface area contributed by atoms with Gasteiger partial charge in [-0.15, -0.1) is 0 Å². The van der Waals surface area contributed by atoms with E-state index in [1.54, 1.807) is 19.2 Å². The van der Waals surface area contributed by atoms with Crippen molar-refractivity contribution in [2.24, 2.45) is 0 Å². The van der Waals surface area contributed by atoms with E-state index in [0.717, 1.165) is 5.69 Å². The van der Waals surface area contributed by atoms with Crippen molar-refractivity contribution >= 4 is 12.0 Å². The Kier molecular flexibility index (Phi) is 3.49. The standard InChI is InChI=1S/C7H11N5O/c1-6-7(12-13-11-6)10-5-9-4-2-3-8/h2-4,8-9H,5H2,1H3,(H,10,12)/b4-2-,8-3?. The lowest BCUT2D eigenvalue weighted by molar-refractivity contribution is 0.306. The van der Waals surface area contributed by atoms with Gasteiger partial charge in [0.2, 0.25) is 0 Å². The molecule has 1 heterocycles. The van der Waals surface area contributed by atoms with Crippen molar-refractivity contribution in [2.45, 2.75) is 6.92 Å². The topological polar surface area (TPSA) is 86.8 Å². The maximum absolute atomic E-state index is 6.70. The average Bonchev–Trinajstić information content (AvgIpc) is 2.52. The minimum Gasteiger partial charge on any atom is -0.374 e. The summed E-state index contributed by atoms with van der Waals surface area (Å²) in [5, 5.41) is 19.8. The highest BCUT2D eigenvalue weighted by molar-refractivity contribution is 5.67. The quantitative estimate of drug-likeness (QED) is 0.350. The van der Waals surface area contributed by atoms with Crippen molar-refractivity contribution in [2.75, 3.05) is 12.0 Å². The molecule has 0 bridgehead atoms. The summed E-state index contributed by atoms with van der Waals surface area (Å²) in [4.78, 5) is 0. The maximum atomic E-state index is 6.70. The van der Waals surface area contributed by atoms with Crippen LogP contribution in [0, 0.1) is 12.3 Å². The van der Waals surface area contributed by atoms with Gasteiger partial charge in [0.1, 0.15) is 5.69 Å². The molecule has 6 heteroatoms. The minimum absolute atomic E-state index is 0.513. The van der Waals surface area contributed by atoms with Crippen LogP contribution >= 0.6 is 0 Å². The zero-order valence-corrected chi connectivity index (χ0v) is 7.24. The van der Waals surface area contributed by atoms with E-state index < -0.39 is 0 Å². The number of hydrogen-bond donors (Lipinski definition) is 3. The van der Waals surface area contributed by atoms with E-state index in [9.17, 15) is 0 Å². The van der Waals surface area contributed by atoms with Crippen LogP contribution in [0.15, 0.2) is 16.9 Å². The second-order valence-corrected chi connectivity index (χ2v) is 2.28. The Bertz CT molecular complexity index is 293. The molecule has 0 aliphatic rings. The lowest BCUT2D eigenvalue weighted by Crippen LogP contribution is -2.16. The molecule has 0 spiro atoms. The number of hydrogen-bond acceptors (Lipinski definition) is 6. The molecule has 0 amide bonds. The van der Waals surface area contributed by atoms with Crippen LogP contribution < -0.4 is 10.6 Å². The average molecular weight is 181 g/mol. The monoisotopic (exact) mass is 181 g/mol. The normalized spacial score (nSPS) is 10.2. The Labute approximate surface area is 75.5 Å². The van der Waals surface area contributed by atoms with E-state index in [1.807, 2.05) is 0 Å². The number of rotatable bonds is 5. The molecule has 0 radical (unpaired) electrons. The molecule has 13 heavy (non-hydrogen) atoms. The van der Waals surface area contributed by atoms with Gasteiger partial charge in [-0.3, -0.25) is 0 Å². The summed E-state index contributed by atoms with van der Waals surface area (Å²) >= 11 is 0. The van der Waals surface area contributed by atoms with Crippen molar-refractivity contribution in [1.29, 1.82) is 5.41 Å². The Hall–Kier alpha value is -1.85. The summed E-state index contributed by atoms with van der Waals surface area (Å²) in [5.41, 5.74) is 0.720. The fourth-order valence-corrected chi connectivity index (χ4v) is 0.702. The zero-order valence-electron chi connectivity index (χ0n) is 7.24. The smallest absolute Gasteiger partial charge is 0.195 e. The van der Waals surface area contributed by atoms with Crippen molar-refractivity contribution < 1.29 is 4.63 Å². The molecule has 0 atom stereocenters. The zero-order chi connectivity index (χ0) is 9.52. The van der Waals surface area contributed by atoms with E-state index in [2.05, 4.69) is 25.6 Å². The van der Waals surface area contributed by atoms with Gasteiger partial charge in [0, 0.05) is 6.21 Å². The SMILES string of the molecule is Cc1nonc1NCN/C=C\C=N. The van der Waals surface area contributed by atoms with Crippen LogP contribution in [0.25, 0.3) is 0 Å². The maximum Gasteiger partial charge on any atom is 0.195 e. The third-order valence-corrected chi connectivity index (χ3v) is 1.32. The Morgan fingerprint density at radius 3 is 3.00 bits per heavy atom. The summed E-state index contributed by atoms with van der Waals surface area (Å²) < 4.78 is 4.48. The number of allylic oxidation sites excluding steroid dienone is 1. The largest absolute Gasteiger partial charge is 0.374 e. The fraction of sp³-hybridized carbons (Fsp3) is 0.286. The Balaban J connectivity index is 2.24. The minimum atomic E-state index is 0.513. The van der Waals surface area contributed by atoms with Gasteiger partial charge < -0.3 is 16.0 Å². The van der Waals surface area contributed by atoms with Crippen LogP contribution in [0.5, 0.6) is 0 Å². The molecule has 0 aromatic carbocycles. The molecule has 6 nitrogen and oxygen atoms in total. The van der Waals surface area contributed by atoms with Crippen molar-refractivity contribution in [3.63, 3.8) is 0 Å². The fourth-order valence-electron chi connectivity index (χ4n) is 0.702. The van der Waals surface area contributed by atoms with Crippen LogP contribution in [-0.4, -0.2) is 23.2 Å².